The zero-order valence-electron chi connectivity index (χ0n) is 12.1. The molecule has 0 amide bonds. The van der Waals surface area contributed by atoms with E-state index in [4.69, 9.17) is 0 Å². The molecule has 0 unspecified atom stereocenters. The summed E-state index contributed by atoms with van der Waals surface area (Å²) in [6.45, 7) is 5.91. The Hall–Kier alpha value is -0.0400. The maximum Gasteiger partial charge on any atom is 0.00669 e. The van der Waals surface area contributed by atoms with Gasteiger partial charge in [0, 0.05) is 6.04 Å². The minimum atomic E-state index is 0.762. The van der Waals surface area contributed by atoms with Crippen molar-refractivity contribution in [1.29, 1.82) is 0 Å². The summed E-state index contributed by atoms with van der Waals surface area (Å²) in [4.78, 5) is 0. The predicted molar refractivity (Wildman–Crippen MR) is 77.4 cm³/mol. The van der Waals surface area contributed by atoms with Crippen LogP contribution in [0.2, 0.25) is 0 Å². The van der Waals surface area contributed by atoms with E-state index in [-0.39, 0.29) is 0 Å². The molecule has 0 aromatic heterocycles. The zero-order valence-corrected chi connectivity index (χ0v) is 12.1. The smallest absolute Gasteiger partial charge is 0.00669 e. The van der Waals surface area contributed by atoms with Crippen molar-refractivity contribution in [2.24, 2.45) is 5.92 Å². The highest BCUT2D eigenvalue weighted by molar-refractivity contribution is 4.76. The van der Waals surface area contributed by atoms with Crippen molar-refractivity contribution in [3.05, 3.63) is 0 Å². The van der Waals surface area contributed by atoms with Gasteiger partial charge in [-0.1, -0.05) is 58.3 Å². The first-order valence-corrected chi connectivity index (χ1v) is 8.08. The summed E-state index contributed by atoms with van der Waals surface area (Å²) in [5.74, 6) is 0.972. The summed E-state index contributed by atoms with van der Waals surface area (Å²) in [6.07, 6.45) is 15.8. The summed E-state index contributed by atoms with van der Waals surface area (Å²) < 4.78 is 0. The Labute approximate surface area is 109 Å². The Morgan fingerprint density at radius 1 is 0.941 bits per heavy atom. The third-order valence-corrected chi connectivity index (χ3v) is 4.35. The molecule has 0 aliphatic heterocycles. The number of hydrogen-bond acceptors (Lipinski definition) is 1. The van der Waals surface area contributed by atoms with Crippen molar-refractivity contribution >= 4 is 0 Å². The van der Waals surface area contributed by atoms with Crippen molar-refractivity contribution in [1.82, 2.24) is 5.32 Å². The highest BCUT2D eigenvalue weighted by Crippen LogP contribution is 2.27. The second kappa shape index (κ2) is 9.94. The van der Waals surface area contributed by atoms with Gasteiger partial charge in [-0.05, 0) is 38.6 Å². The molecule has 1 fully saturated rings. The molecule has 17 heavy (non-hydrogen) atoms. The quantitative estimate of drug-likeness (QED) is 0.534. The summed E-state index contributed by atoms with van der Waals surface area (Å²) in [7, 11) is 0. The normalized spacial score (nSPS) is 18.7. The molecular formula is C16H33N. The number of hydrogen-bond donors (Lipinski definition) is 1. The van der Waals surface area contributed by atoms with Gasteiger partial charge in [-0.3, -0.25) is 0 Å². The van der Waals surface area contributed by atoms with Gasteiger partial charge < -0.3 is 5.32 Å². The lowest BCUT2D eigenvalue weighted by Gasteiger charge is -2.20. The van der Waals surface area contributed by atoms with Gasteiger partial charge >= 0.3 is 0 Å². The van der Waals surface area contributed by atoms with Crippen LogP contribution in [-0.2, 0) is 0 Å². The van der Waals surface area contributed by atoms with E-state index in [1.54, 1.807) is 0 Å². The number of nitrogens with one attached hydrogen (secondary N) is 1. The second-order valence-corrected chi connectivity index (χ2v) is 5.91. The van der Waals surface area contributed by atoms with E-state index in [0.717, 1.165) is 12.0 Å². The van der Waals surface area contributed by atoms with E-state index in [9.17, 15) is 0 Å². The second-order valence-electron chi connectivity index (χ2n) is 5.91. The fraction of sp³-hybridized carbons (Fsp3) is 1.00. The molecular weight excluding hydrogens is 206 g/mol. The van der Waals surface area contributed by atoms with Crippen LogP contribution in [0.3, 0.4) is 0 Å². The molecule has 1 saturated carbocycles. The van der Waals surface area contributed by atoms with Gasteiger partial charge in [0.25, 0.3) is 0 Å². The average Bonchev–Trinajstić information content (AvgIpc) is 2.86. The fourth-order valence-corrected chi connectivity index (χ4v) is 3.04. The van der Waals surface area contributed by atoms with Crippen LogP contribution in [0, 0.1) is 5.92 Å². The molecule has 1 heteroatoms. The van der Waals surface area contributed by atoms with Gasteiger partial charge in [-0.15, -0.1) is 0 Å². The Kier molecular flexibility index (Phi) is 8.78. The lowest BCUT2D eigenvalue weighted by Crippen LogP contribution is -2.32. The molecule has 1 N–H and O–H groups in total. The molecule has 1 aliphatic carbocycles. The molecule has 1 atom stereocenters. The maximum atomic E-state index is 3.73. The summed E-state index contributed by atoms with van der Waals surface area (Å²) in [6, 6.07) is 0.762. The average molecular weight is 239 g/mol. The Morgan fingerprint density at radius 3 is 2.18 bits per heavy atom. The highest BCUT2D eigenvalue weighted by atomic mass is 14.9. The standard InChI is InChI=1S/C16H33N/c1-3-4-5-6-7-8-11-14-17-15(2)16-12-9-10-13-16/h15-17H,3-14H2,1-2H3/t15-/m0/s1. The Balaban J connectivity index is 1.83. The van der Waals surface area contributed by atoms with Crippen LogP contribution in [0.1, 0.15) is 84.5 Å². The van der Waals surface area contributed by atoms with Crippen LogP contribution in [0.25, 0.3) is 0 Å². The van der Waals surface area contributed by atoms with E-state index < -0.39 is 0 Å². The first-order chi connectivity index (χ1) is 8.34. The van der Waals surface area contributed by atoms with Crippen LogP contribution in [0.15, 0.2) is 0 Å². The van der Waals surface area contributed by atoms with Crippen LogP contribution in [-0.4, -0.2) is 12.6 Å². The summed E-state index contributed by atoms with van der Waals surface area (Å²) in [5, 5.41) is 3.73. The van der Waals surface area contributed by atoms with Crippen molar-refractivity contribution in [2.45, 2.75) is 90.5 Å². The monoisotopic (exact) mass is 239 g/mol. The molecule has 0 spiro atoms. The van der Waals surface area contributed by atoms with Crippen molar-refractivity contribution in [3.63, 3.8) is 0 Å². The molecule has 0 aromatic rings. The zero-order chi connectivity index (χ0) is 12.3. The first kappa shape index (κ1) is 15.0. The molecule has 0 heterocycles. The molecule has 1 aliphatic rings. The van der Waals surface area contributed by atoms with Crippen LogP contribution < -0.4 is 5.32 Å². The summed E-state index contributed by atoms with van der Waals surface area (Å²) in [5.41, 5.74) is 0. The van der Waals surface area contributed by atoms with Crippen molar-refractivity contribution in [2.75, 3.05) is 6.54 Å². The molecule has 102 valence electrons. The topological polar surface area (TPSA) is 12.0 Å². The fourth-order valence-electron chi connectivity index (χ4n) is 3.04. The number of unbranched alkanes of at least 4 members (excludes halogenated alkanes) is 6. The lowest BCUT2D eigenvalue weighted by molar-refractivity contribution is 0.377. The minimum Gasteiger partial charge on any atom is -0.314 e. The molecule has 0 aromatic carbocycles. The van der Waals surface area contributed by atoms with Gasteiger partial charge in [-0.2, -0.15) is 0 Å². The van der Waals surface area contributed by atoms with Gasteiger partial charge in [0.15, 0.2) is 0 Å². The minimum absolute atomic E-state index is 0.762. The number of rotatable bonds is 10. The van der Waals surface area contributed by atoms with Gasteiger partial charge in [0.1, 0.15) is 0 Å². The third kappa shape index (κ3) is 7.08. The molecule has 1 nitrogen and oxygen atoms in total. The molecule has 0 radical (unpaired) electrons. The Morgan fingerprint density at radius 2 is 1.53 bits per heavy atom. The van der Waals surface area contributed by atoms with Crippen molar-refractivity contribution in [3.8, 4) is 0 Å². The van der Waals surface area contributed by atoms with Crippen molar-refractivity contribution < 1.29 is 0 Å². The highest BCUT2D eigenvalue weighted by Gasteiger charge is 2.20. The maximum absolute atomic E-state index is 3.73. The summed E-state index contributed by atoms with van der Waals surface area (Å²) >= 11 is 0. The van der Waals surface area contributed by atoms with E-state index >= 15 is 0 Å². The van der Waals surface area contributed by atoms with Crippen LogP contribution in [0.5, 0.6) is 0 Å². The molecule has 0 bridgehead atoms. The third-order valence-electron chi connectivity index (χ3n) is 4.35. The van der Waals surface area contributed by atoms with Crippen LogP contribution in [0.4, 0.5) is 0 Å². The van der Waals surface area contributed by atoms with Gasteiger partial charge in [0.05, 0.1) is 0 Å². The van der Waals surface area contributed by atoms with Crippen LogP contribution >= 0.6 is 0 Å². The van der Waals surface area contributed by atoms with E-state index in [2.05, 4.69) is 19.2 Å². The lowest BCUT2D eigenvalue weighted by atomic mass is 10.00. The Bertz CT molecular complexity index is 161. The van der Waals surface area contributed by atoms with Gasteiger partial charge in [0.2, 0.25) is 0 Å². The SMILES string of the molecule is CCCCCCCCCN[C@@H](C)C1CCCC1. The van der Waals surface area contributed by atoms with E-state index in [1.807, 2.05) is 0 Å². The van der Waals surface area contributed by atoms with Gasteiger partial charge in [-0.25, -0.2) is 0 Å². The molecule has 1 rings (SSSR count). The predicted octanol–water partition coefficient (Wildman–Crippen LogP) is 4.91. The molecule has 0 saturated heterocycles. The largest absolute Gasteiger partial charge is 0.314 e. The van der Waals surface area contributed by atoms with E-state index in [1.165, 1.54) is 77.2 Å². The first-order valence-electron chi connectivity index (χ1n) is 8.08. The van der Waals surface area contributed by atoms with E-state index in [0.29, 0.717) is 0 Å².